The van der Waals surface area contributed by atoms with Gasteiger partial charge in [-0.05, 0) is 37.0 Å². The highest BCUT2D eigenvalue weighted by atomic mass is 16.3. The lowest BCUT2D eigenvalue weighted by atomic mass is 9.85. The van der Waals surface area contributed by atoms with Crippen LogP contribution in [0.5, 0.6) is 0 Å². The van der Waals surface area contributed by atoms with Crippen LogP contribution in [-0.4, -0.2) is 23.4 Å². The third kappa shape index (κ3) is 2.17. The Morgan fingerprint density at radius 3 is 2.64 bits per heavy atom. The van der Waals surface area contributed by atoms with Crippen molar-refractivity contribution < 1.29 is 10.2 Å². The Labute approximate surface area is 68.2 Å². The molecule has 2 atom stereocenters. The molecule has 1 rings (SSSR count). The third-order valence-corrected chi connectivity index (χ3v) is 2.91. The predicted octanol–water partition coefficient (Wildman–Crippen LogP) is 1.17. The third-order valence-electron chi connectivity index (χ3n) is 2.91. The van der Waals surface area contributed by atoms with Crippen molar-refractivity contribution in [1.29, 1.82) is 0 Å². The summed E-state index contributed by atoms with van der Waals surface area (Å²) in [5.74, 6) is 0.492. The van der Waals surface area contributed by atoms with E-state index in [4.69, 9.17) is 10.2 Å². The average molecular weight is 158 g/mol. The zero-order valence-corrected chi connectivity index (χ0v) is 7.21. The average Bonchev–Trinajstić information content (AvgIpc) is 2.33. The molecule has 2 N–H and O–H groups in total. The van der Waals surface area contributed by atoms with Gasteiger partial charge in [-0.25, -0.2) is 0 Å². The Morgan fingerprint density at radius 1 is 1.45 bits per heavy atom. The van der Waals surface area contributed by atoms with Crippen LogP contribution in [0.3, 0.4) is 0 Å². The smallest absolute Gasteiger partial charge is 0.0459 e. The minimum Gasteiger partial charge on any atom is -0.396 e. The van der Waals surface area contributed by atoms with Crippen molar-refractivity contribution in [3.63, 3.8) is 0 Å². The molecule has 0 heterocycles. The summed E-state index contributed by atoms with van der Waals surface area (Å²) in [6, 6.07) is 0. The Hall–Kier alpha value is -0.0800. The fourth-order valence-corrected chi connectivity index (χ4v) is 2.11. The van der Waals surface area contributed by atoms with E-state index in [1.54, 1.807) is 0 Å². The first-order valence-electron chi connectivity index (χ1n) is 4.42. The first-order valence-corrected chi connectivity index (χ1v) is 4.42. The Kier molecular flexibility index (Phi) is 2.90. The second-order valence-electron chi connectivity index (χ2n) is 4.08. The number of hydrogen-bond acceptors (Lipinski definition) is 2. The summed E-state index contributed by atoms with van der Waals surface area (Å²) >= 11 is 0. The lowest BCUT2D eigenvalue weighted by Gasteiger charge is -2.22. The van der Waals surface area contributed by atoms with Crippen LogP contribution in [0.25, 0.3) is 0 Å². The van der Waals surface area contributed by atoms with Gasteiger partial charge in [-0.2, -0.15) is 0 Å². The lowest BCUT2D eigenvalue weighted by molar-refractivity contribution is 0.179. The molecule has 1 fully saturated rings. The molecule has 0 amide bonds. The van der Waals surface area contributed by atoms with Crippen molar-refractivity contribution in [1.82, 2.24) is 0 Å². The van der Waals surface area contributed by atoms with Gasteiger partial charge >= 0.3 is 0 Å². The summed E-state index contributed by atoms with van der Waals surface area (Å²) in [5, 5.41) is 17.7. The van der Waals surface area contributed by atoms with E-state index in [0.29, 0.717) is 17.9 Å². The largest absolute Gasteiger partial charge is 0.396 e. The van der Waals surface area contributed by atoms with Gasteiger partial charge < -0.3 is 10.2 Å². The van der Waals surface area contributed by atoms with Crippen LogP contribution in [0.15, 0.2) is 0 Å². The molecule has 0 aromatic heterocycles. The molecule has 0 radical (unpaired) electrons. The fraction of sp³-hybridized carbons (Fsp3) is 1.00. The predicted molar refractivity (Wildman–Crippen MR) is 44.2 cm³/mol. The molecule has 2 unspecified atom stereocenters. The summed E-state index contributed by atoms with van der Waals surface area (Å²) in [4.78, 5) is 0. The maximum absolute atomic E-state index is 8.90. The van der Waals surface area contributed by atoms with Crippen molar-refractivity contribution in [2.45, 2.75) is 32.6 Å². The normalized spacial score (nSPS) is 37.9. The SMILES string of the molecule is CC1(CCO)CCC(CO)C1. The summed E-state index contributed by atoms with van der Waals surface area (Å²) in [6.45, 7) is 2.81. The highest BCUT2D eigenvalue weighted by Crippen LogP contribution is 2.43. The van der Waals surface area contributed by atoms with E-state index in [9.17, 15) is 0 Å². The van der Waals surface area contributed by atoms with Crippen LogP contribution < -0.4 is 0 Å². The molecule has 2 heteroatoms. The van der Waals surface area contributed by atoms with E-state index < -0.39 is 0 Å². The van der Waals surface area contributed by atoms with Gasteiger partial charge in [0.25, 0.3) is 0 Å². The molecule has 0 bridgehead atoms. The molecule has 0 aromatic carbocycles. The molecule has 11 heavy (non-hydrogen) atoms. The molecular weight excluding hydrogens is 140 g/mol. The number of rotatable bonds is 3. The van der Waals surface area contributed by atoms with Gasteiger partial charge in [0.05, 0.1) is 0 Å². The highest BCUT2D eigenvalue weighted by molar-refractivity contribution is 4.84. The van der Waals surface area contributed by atoms with Crippen molar-refractivity contribution in [2.75, 3.05) is 13.2 Å². The van der Waals surface area contributed by atoms with Crippen LogP contribution in [-0.2, 0) is 0 Å². The number of aliphatic hydroxyl groups is 2. The first-order chi connectivity index (χ1) is 5.20. The molecule has 0 saturated heterocycles. The van der Waals surface area contributed by atoms with Gasteiger partial charge in [-0.1, -0.05) is 6.92 Å². The molecule has 0 aliphatic heterocycles. The maximum atomic E-state index is 8.90. The standard InChI is InChI=1S/C9H18O2/c1-9(4-5-10)3-2-8(6-9)7-11/h8,10-11H,2-7H2,1H3. The van der Waals surface area contributed by atoms with Crippen LogP contribution in [0.4, 0.5) is 0 Å². The lowest BCUT2D eigenvalue weighted by Crippen LogP contribution is -2.14. The van der Waals surface area contributed by atoms with E-state index in [2.05, 4.69) is 6.92 Å². The van der Waals surface area contributed by atoms with Crippen LogP contribution in [0.2, 0.25) is 0 Å². The van der Waals surface area contributed by atoms with E-state index in [1.165, 1.54) is 6.42 Å². The number of hydrogen-bond donors (Lipinski definition) is 2. The summed E-state index contributed by atoms with van der Waals surface area (Å²) in [7, 11) is 0. The Morgan fingerprint density at radius 2 is 2.18 bits per heavy atom. The monoisotopic (exact) mass is 158 g/mol. The van der Waals surface area contributed by atoms with Gasteiger partial charge in [0.1, 0.15) is 0 Å². The van der Waals surface area contributed by atoms with Gasteiger partial charge in [0.2, 0.25) is 0 Å². The van der Waals surface area contributed by atoms with E-state index >= 15 is 0 Å². The quantitative estimate of drug-likeness (QED) is 0.647. The molecule has 1 aliphatic carbocycles. The Balaban J connectivity index is 2.37. The highest BCUT2D eigenvalue weighted by Gasteiger charge is 2.33. The van der Waals surface area contributed by atoms with Crippen molar-refractivity contribution >= 4 is 0 Å². The minimum atomic E-state index is 0.286. The second-order valence-corrected chi connectivity index (χ2v) is 4.08. The topological polar surface area (TPSA) is 40.5 Å². The first kappa shape index (κ1) is 9.01. The van der Waals surface area contributed by atoms with Crippen molar-refractivity contribution in [2.24, 2.45) is 11.3 Å². The van der Waals surface area contributed by atoms with Gasteiger partial charge in [-0.3, -0.25) is 0 Å². The zero-order valence-electron chi connectivity index (χ0n) is 7.21. The zero-order chi connectivity index (χ0) is 8.32. The van der Waals surface area contributed by atoms with Crippen LogP contribution in [0.1, 0.15) is 32.6 Å². The van der Waals surface area contributed by atoms with E-state index in [0.717, 1.165) is 19.3 Å². The molecule has 66 valence electrons. The second kappa shape index (κ2) is 3.55. The molecule has 1 saturated carbocycles. The molecule has 2 nitrogen and oxygen atoms in total. The van der Waals surface area contributed by atoms with Crippen LogP contribution >= 0.6 is 0 Å². The molecular formula is C9H18O2. The number of aliphatic hydroxyl groups excluding tert-OH is 2. The van der Waals surface area contributed by atoms with E-state index in [1.807, 2.05) is 0 Å². The van der Waals surface area contributed by atoms with Gasteiger partial charge in [0.15, 0.2) is 0 Å². The van der Waals surface area contributed by atoms with Gasteiger partial charge in [-0.15, -0.1) is 0 Å². The van der Waals surface area contributed by atoms with Crippen molar-refractivity contribution in [3.8, 4) is 0 Å². The summed E-state index contributed by atoms with van der Waals surface area (Å²) in [5.41, 5.74) is 0.308. The maximum Gasteiger partial charge on any atom is 0.0459 e. The van der Waals surface area contributed by atoms with Crippen LogP contribution in [0, 0.1) is 11.3 Å². The van der Waals surface area contributed by atoms with E-state index in [-0.39, 0.29) is 6.61 Å². The summed E-state index contributed by atoms with van der Waals surface area (Å²) < 4.78 is 0. The van der Waals surface area contributed by atoms with Crippen molar-refractivity contribution in [3.05, 3.63) is 0 Å². The molecule has 0 spiro atoms. The molecule has 0 aromatic rings. The summed E-state index contributed by atoms with van der Waals surface area (Å²) in [6.07, 6.45) is 4.28. The fourth-order valence-electron chi connectivity index (χ4n) is 2.11. The van der Waals surface area contributed by atoms with Gasteiger partial charge in [0, 0.05) is 13.2 Å². The molecule has 1 aliphatic rings. The minimum absolute atomic E-state index is 0.286. The Bertz CT molecular complexity index is 125.